The van der Waals surface area contributed by atoms with Crippen LogP contribution in [0.1, 0.15) is 29.5 Å². The summed E-state index contributed by atoms with van der Waals surface area (Å²) in [6.45, 7) is 2.55. The number of primary amides is 1. The highest BCUT2D eigenvalue weighted by molar-refractivity contribution is 6.24. The first-order valence-corrected chi connectivity index (χ1v) is 15.1. The van der Waals surface area contributed by atoms with Gasteiger partial charge in [-0.2, -0.15) is 0 Å². The van der Waals surface area contributed by atoms with Crippen LogP contribution in [0.4, 0.5) is 5.69 Å². The van der Waals surface area contributed by atoms with Gasteiger partial charge >= 0.3 is 0 Å². The van der Waals surface area contributed by atoms with E-state index in [4.69, 9.17) is 5.73 Å². The number of hydrogen-bond donors (Lipinski definition) is 7. The van der Waals surface area contributed by atoms with Crippen molar-refractivity contribution >= 4 is 28.9 Å². The number of anilines is 1. The Morgan fingerprint density at radius 1 is 1.07 bits per heavy atom. The van der Waals surface area contributed by atoms with E-state index < -0.39 is 69.7 Å². The maximum atomic E-state index is 14.1. The summed E-state index contributed by atoms with van der Waals surface area (Å²) in [5.74, 6) is -8.28. The molecule has 1 aliphatic heterocycles. The lowest BCUT2D eigenvalue weighted by Gasteiger charge is -2.52. The molecule has 0 bridgehead atoms. The topological polar surface area (TPSA) is 197 Å². The second-order valence-electron chi connectivity index (χ2n) is 12.7. The van der Waals surface area contributed by atoms with Gasteiger partial charge in [0, 0.05) is 37.2 Å². The van der Waals surface area contributed by atoms with Gasteiger partial charge in [-0.25, -0.2) is 0 Å². The van der Waals surface area contributed by atoms with Crippen LogP contribution in [0, 0.1) is 11.8 Å². The first-order chi connectivity index (χ1) is 21.4. The Bertz CT molecular complexity index is 1630. The smallest absolute Gasteiger partial charge is 0.255 e. The molecule has 8 N–H and O–H groups in total. The number of aliphatic hydroxyl groups excluding tert-OH is 3. The number of likely N-dealkylation sites (tertiary alicyclic amines) is 1. The van der Waals surface area contributed by atoms with E-state index in [0.29, 0.717) is 11.3 Å². The van der Waals surface area contributed by atoms with Gasteiger partial charge in [-0.3, -0.25) is 24.2 Å². The van der Waals surface area contributed by atoms with Gasteiger partial charge in [0.05, 0.1) is 29.3 Å². The fourth-order valence-electron chi connectivity index (χ4n) is 7.64. The molecule has 4 aliphatic rings. The number of phenolic OH excluding ortho intramolecular Hbond substituents is 1. The third kappa shape index (κ3) is 4.80. The van der Waals surface area contributed by atoms with Crippen LogP contribution >= 0.6 is 0 Å². The summed E-state index contributed by atoms with van der Waals surface area (Å²) in [4.78, 5) is 43.2. The van der Waals surface area contributed by atoms with Crippen molar-refractivity contribution in [2.75, 3.05) is 32.5 Å². The predicted molar refractivity (Wildman–Crippen MR) is 164 cm³/mol. The van der Waals surface area contributed by atoms with Crippen molar-refractivity contribution in [1.82, 2.24) is 9.80 Å². The van der Waals surface area contributed by atoms with Crippen LogP contribution in [0.25, 0.3) is 5.76 Å². The number of Topliss-reactive ketones (excluding diaryl/α,β-unsaturated/α-hetero) is 2. The molecule has 2 aromatic rings. The fraction of sp³-hybridized carbons (Fsp3) is 0.424. The second-order valence-corrected chi connectivity index (χ2v) is 12.7. The summed E-state index contributed by atoms with van der Waals surface area (Å²) in [6, 6.07) is 12.3. The molecule has 2 aromatic carbocycles. The molecular weight excluding hydrogens is 580 g/mol. The number of ketones is 2. The van der Waals surface area contributed by atoms with Crippen LogP contribution in [0.5, 0.6) is 5.75 Å². The number of carbonyl (C=O) groups excluding carboxylic acids is 3. The van der Waals surface area contributed by atoms with Gasteiger partial charge in [-0.15, -0.1) is 0 Å². The molecule has 0 radical (unpaired) electrons. The molecule has 1 amide bonds. The molecule has 12 nitrogen and oxygen atoms in total. The number of amides is 1. The van der Waals surface area contributed by atoms with E-state index in [1.54, 1.807) is 12.1 Å². The quantitative estimate of drug-likeness (QED) is 0.180. The van der Waals surface area contributed by atoms with Crippen LogP contribution in [0.15, 0.2) is 59.4 Å². The molecule has 0 aromatic heterocycles. The van der Waals surface area contributed by atoms with Gasteiger partial charge in [-0.1, -0.05) is 36.4 Å². The fourth-order valence-corrected chi connectivity index (χ4v) is 7.64. The summed E-state index contributed by atoms with van der Waals surface area (Å²) >= 11 is 0. The number of benzene rings is 2. The lowest BCUT2D eigenvalue weighted by molar-refractivity contribution is -0.168. The maximum Gasteiger partial charge on any atom is 0.255 e. The van der Waals surface area contributed by atoms with Gasteiger partial charge in [0.25, 0.3) is 5.91 Å². The van der Waals surface area contributed by atoms with E-state index in [-0.39, 0.29) is 23.8 Å². The van der Waals surface area contributed by atoms with Gasteiger partial charge in [-0.05, 0) is 50.6 Å². The Kier molecular flexibility index (Phi) is 7.72. The molecule has 12 heteroatoms. The van der Waals surface area contributed by atoms with Gasteiger partial charge in [0.15, 0.2) is 11.4 Å². The Labute approximate surface area is 260 Å². The number of aliphatic hydroxyl groups is 4. The lowest BCUT2D eigenvalue weighted by Crippen LogP contribution is -2.70. The van der Waals surface area contributed by atoms with Crippen LogP contribution in [-0.2, 0) is 27.3 Å². The average molecular weight is 619 g/mol. The highest BCUT2D eigenvalue weighted by atomic mass is 16.4. The normalized spacial score (nSPS) is 29.0. The standard InChI is InChI=1S/C33H38N4O8/c1-36(2)25-24-26(38)19-14-17-8-9-20(35-18-10-12-37(13-11-18)15-16-6-4-3-5-7-16)27(39)21(17)28(40)22(19)30(42)33(24,45)31(43)23(29(25)41)32(34)44/h3-9,18-19,24-26,35,38-40,43,45H,10-15H2,1-2H3,(H2,34,44)/t19-,24-,25?,26+,33+/m1/s1. The van der Waals surface area contributed by atoms with E-state index in [9.17, 15) is 39.9 Å². The molecular formula is C33H38N4O8. The average Bonchev–Trinajstić information content (AvgIpc) is 3.00. The molecule has 1 unspecified atom stereocenters. The summed E-state index contributed by atoms with van der Waals surface area (Å²) in [5, 5.41) is 60.6. The minimum absolute atomic E-state index is 0.00141. The first kappa shape index (κ1) is 30.8. The van der Waals surface area contributed by atoms with E-state index in [2.05, 4.69) is 22.3 Å². The number of piperidine rings is 1. The Morgan fingerprint density at radius 3 is 2.36 bits per heavy atom. The number of aromatic hydroxyl groups is 1. The van der Waals surface area contributed by atoms with E-state index in [1.165, 1.54) is 24.6 Å². The first-order valence-electron chi connectivity index (χ1n) is 15.1. The number of phenols is 1. The van der Waals surface area contributed by atoms with E-state index in [0.717, 1.165) is 32.5 Å². The Morgan fingerprint density at radius 2 is 1.73 bits per heavy atom. The monoisotopic (exact) mass is 618 g/mol. The molecule has 1 heterocycles. The number of nitrogens with two attached hydrogens (primary N) is 1. The molecule has 5 atom stereocenters. The molecule has 238 valence electrons. The van der Waals surface area contributed by atoms with E-state index >= 15 is 0 Å². The largest absolute Gasteiger partial charge is 0.508 e. The third-order valence-corrected chi connectivity index (χ3v) is 9.87. The predicted octanol–water partition coefficient (Wildman–Crippen LogP) is 1.01. The minimum atomic E-state index is -2.93. The summed E-state index contributed by atoms with van der Waals surface area (Å²) < 4.78 is 0. The van der Waals surface area contributed by atoms with Gasteiger partial charge in [0.1, 0.15) is 22.8 Å². The molecule has 6 rings (SSSR count). The van der Waals surface area contributed by atoms with Crippen molar-refractivity contribution in [3.05, 3.63) is 76.1 Å². The second kappa shape index (κ2) is 11.3. The van der Waals surface area contributed by atoms with Crippen molar-refractivity contribution in [2.45, 2.75) is 49.6 Å². The number of hydrogen-bond acceptors (Lipinski definition) is 11. The molecule has 3 aliphatic carbocycles. The highest BCUT2D eigenvalue weighted by Crippen LogP contribution is 2.53. The summed E-state index contributed by atoms with van der Waals surface area (Å²) in [5.41, 5.74) is 3.13. The zero-order valence-electron chi connectivity index (χ0n) is 25.1. The van der Waals surface area contributed by atoms with Crippen molar-refractivity contribution in [2.24, 2.45) is 17.6 Å². The van der Waals surface area contributed by atoms with Crippen molar-refractivity contribution in [3.63, 3.8) is 0 Å². The lowest BCUT2D eigenvalue weighted by atomic mass is 9.56. The van der Waals surface area contributed by atoms with Crippen LogP contribution in [0.3, 0.4) is 0 Å². The summed E-state index contributed by atoms with van der Waals surface area (Å²) in [6.07, 6.45) is 0.0300. The zero-order valence-corrected chi connectivity index (χ0v) is 25.1. The van der Waals surface area contributed by atoms with Crippen molar-refractivity contribution in [1.29, 1.82) is 0 Å². The van der Waals surface area contributed by atoms with E-state index in [1.807, 2.05) is 18.2 Å². The number of nitrogens with one attached hydrogen (secondary N) is 1. The maximum absolute atomic E-state index is 14.1. The highest BCUT2D eigenvalue weighted by Gasteiger charge is 2.67. The number of likely N-dealkylation sites (N-methyl/N-ethyl adjacent to an activating group) is 1. The SMILES string of the molecule is CN(C)C1C(=O)C(C(N)=O)=C(O)[C@@]2(O)C(=O)C3=C(O)c4c(ccc(NC5CCN(Cc6ccccc6)CC5)c4O)C[C@H]3[C@H](O)[C@@H]12. The Hall–Kier alpha value is -4.23. The third-order valence-electron chi connectivity index (χ3n) is 9.87. The van der Waals surface area contributed by atoms with Gasteiger partial charge < -0.3 is 36.6 Å². The van der Waals surface area contributed by atoms with Crippen LogP contribution < -0.4 is 11.1 Å². The summed E-state index contributed by atoms with van der Waals surface area (Å²) in [7, 11) is 2.94. The zero-order chi connectivity index (χ0) is 32.4. The molecule has 2 fully saturated rings. The number of rotatable bonds is 6. The molecule has 1 saturated carbocycles. The number of fused-ring (bicyclic) bond motifs is 3. The van der Waals surface area contributed by atoms with Crippen molar-refractivity contribution in [3.8, 4) is 5.75 Å². The molecule has 1 saturated heterocycles. The van der Waals surface area contributed by atoms with Crippen molar-refractivity contribution < 1.29 is 39.9 Å². The Balaban J connectivity index is 1.31. The van der Waals surface area contributed by atoms with Gasteiger partial charge in [0.2, 0.25) is 5.78 Å². The molecule has 45 heavy (non-hydrogen) atoms. The molecule has 0 spiro atoms. The number of carbonyl (C=O) groups is 3. The minimum Gasteiger partial charge on any atom is -0.508 e. The number of nitrogens with zero attached hydrogens (tertiary/aromatic N) is 2. The van der Waals surface area contributed by atoms with Crippen LogP contribution in [-0.4, -0.2) is 104 Å². The van der Waals surface area contributed by atoms with Crippen LogP contribution in [0.2, 0.25) is 0 Å².